The van der Waals surface area contributed by atoms with Crippen LogP contribution in [0.25, 0.3) is 11.0 Å². The Bertz CT molecular complexity index is 1460. The molecule has 0 radical (unpaired) electrons. The first kappa shape index (κ1) is 22.0. The first-order chi connectivity index (χ1) is 16.5. The van der Waals surface area contributed by atoms with Gasteiger partial charge < -0.3 is 19.2 Å². The molecular weight excluding hydrogens is 454 g/mol. The summed E-state index contributed by atoms with van der Waals surface area (Å²) >= 11 is 6.25. The van der Waals surface area contributed by atoms with Crippen LogP contribution in [-0.2, 0) is 6.61 Å². The van der Waals surface area contributed by atoms with Crippen LogP contribution >= 0.6 is 11.6 Å². The van der Waals surface area contributed by atoms with E-state index in [1.54, 1.807) is 24.3 Å². The molecule has 172 valence electrons. The van der Waals surface area contributed by atoms with E-state index in [1.807, 2.05) is 50.2 Å². The molecule has 1 amide bonds. The van der Waals surface area contributed by atoms with Crippen molar-refractivity contribution in [1.29, 1.82) is 0 Å². The zero-order chi connectivity index (χ0) is 23.8. The van der Waals surface area contributed by atoms with Gasteiger partial charge in [-0.1, -0.05) is 48.0 Å². The van der Waals surface area contributed by atoms with E-state index in [4.69, 9.17) is 25.5 Å². The number of rotatable bonds is 6. The Morgan fingerprint density at radius 3 is 2.56 bits per heavy atom. The summed E-state index contributed by atoms with van der Waals surface area (Å²) in [5, 5.41) is 3.67. The van der Waals surface area contributed by atoms with Gasteiger partial charge in [0.1, 0.15) is 12.2 Å². The van der Waals surface area contributed by atoms with E-state index in [2.05, 4.69) is 5.32 Å². The van der Waals surface area contributed by atoms with Crippen molar-refractivity contribution in [2.45, 2.75) is 26.5 Å². The average Bonchev–Trinajstić information content (AvgIpc) is 3.17. The van der Waals surface area contributed by atoms with Crippen LogP contribution in [0.1, 0.15) is 45.8 Å². The Morgan fingerprint density at radius 1 is 1.00 bits per heavy atom. The molecule has 0 saturated heterocycles. The molecule has 5 rings (SSSR count). The number of benzene rings is 3. The van der Waals surface area contributed by atoms with Gasteiger partial charge in [0.2, 0.25) is 5.76 Å². The van der Waals surface area contributed by atoms with Crippen LogP contribution in [0, 0.1) is 6.92 Å². The van der Waals surface area contributed by atoms with Crippen molar-refractivity contribution >= 4 is 28.5 Å². The largest absolute Gasteiger partial charge is 0.490 e. The number of amides is 1. The van der Waals surface area contributed by atoms with E-state index in [0.717, 1.165) is 11.1 Å². The number of hydrogen-bond acceptors (Lipinski definition) is 5. The summed E-state index contributed by atoms with van der Waals surface area (Å²) in [5.41, 5.74) is 2.79. The van der Waals surface area contributed by atoms with E-state index in [0.29, 0.717) is 46.3 Å². The molecule has 3 aromatic carbocycles. The third-order valence-electron chi connectivity index (χ3n) is 5.82. The summed E-state index contributed by atoms with van der Waals surface area (Å²) in [6, 6.07) is 17.8. The van der Waals surface area contributed by atoms with Crippen molar-refractivity contribution in [3.05, 3.63) is 104 Å². The molecule has 2 heterocycles. The second-order valence-corrected chi connectivity index (χ2v) is 8.50. The summed E-state index contributed by atoms with van der Waals surface area (Å²) in [6.07, 6.45) is 0. The minimum absolute atomic E-state index is 0.0200. The fourth-order valence-electron chi connectivity index (χ4n) is 4.11. The van der Waals surface area contributed by atoms with Gasteiger partial charge in [0.05, 0.1) is 23.6 Å². The quantitative estimate of drug-likeness (QED) is 0.394. The zero-order valence-corrected chi connectivity index (χ0v) is 19.4. The maximum absolute atomic E-state index is 13.4. The third-order valence-corrected chi connectivity index (χ3v) is 6.22. The molecule has 1 atom stereocenters. The normalized spacial score (nSPS) is 14.7. The number of nitrogens with one attached hydrogen (secondary N) is 1. The summed E-state index contributed by atoms with van der Waals surface area (Å²) in [6.45, 7) is 4.52. The predicted octanol–water partition coefficient (Wildman–Crippen LogP) is 5.57. The van der Waals surface area contributed by atoms with Crippen LogP contribution in [0.2, 0.25) is 5.02 Å². The molecule has 0 saturated carbocycles. The number of carbonyl (C=O) groups excluding carboxylic acids is 1. The number of aryl methyl sites for hydroxylation is 1. The van der Waals surface area contributed by atoms with E-state index in [-0.39, 0.29) is 16.8 Å². The Kier molecular flexibility index (Phi) is 5.75. The monoisotopic (exact) mass is 475 g/mol. The fourth-order valence-corrected chi connectivity index (χ4v) is 4.27. The smallest absolute Gasteiger partial charge is 0.288 e. The number of carbonyl (C=O) groups is 1. The summed E-state index contributed by atoms with van der Waals surface area (Å²) < 4.78 is 17.6. The maximum Gasteiger partial charge on any atom is 0.288 e. The Labute approximate surface area is 201 Å². The molecule has 34 heavy (non-hydrogen) atoms. The zero-order valence-electron chi connectivity index (χ0n) is 18.7. The highest BCUT2D eigenvalue weighted by Gasteiger charge is 2.36. The van der Waals surface area contributed by atoms with Crippen molar-refractivity contribution in [2.75, 3.05) is 6.61 Å². The van der Waals surface area contributed by atoms with Crippen LogP contribution < -0.4 is 20.2 Å². The molecule has 1 aliphatic heterocycles. The summed E-state index contributed by atoms with van der Waals surface area (Å²) in [4.78, 5) is 26.1. The lowest BCUT2D eigenvalue weighted by molar-refractivity contribution is 0.0938. The van der Waals surface area contributed by atoms with Crippen LogP contribution in [0.4, 0.5) is 0 Å². The number of halogens is 1. The van der Waals surface area contributed by atoms with Gasteiger partial charge in [0, 0.05) is 5.02 Å². The molecule has 1 aromatic heterocycles. The van der Waals surface area contributed by atoms with Gasteiger partial charge in [0.15, 0.2) is 16.9 Å². The topological polar surface area (TPSA) is 77.8 Å². The van der Waals surface area contributed by atoms with Gasteiger partial charge in [-0.05, 0) is 54.8 Å². The molecule has 1 N–H and O–H groups in total. The van der Waals surface area contributed by atoms with Crippen LogP contribution in [-0.4, -0.2) is 12.5 Å². The standard InChI is InChI=1S/C27H22ClNO5/c1-3-32-22-12-17(9-10-20(22)33-14-16-7-5-4-6-8-16)24-23-25(30)18-13-19(28)15(2)11-21(18)34-26(23)27(31)29-24/h4-13,24H,3,14H2,1-2H3,(H,29,31). The Morgan fingerprint density at radius 2 is 1.79 bits per heavy atom. The maximum atomic E-state index is 13.4. The summed E-state index contributed by atoms with van der Waals surface area (Å²) in [7, 11) is 0. The van der Waals surface area contributed by atoms with Crippen molar-refractivity contribution in [2.24, 2.45) is 0 Å². The van der Waals surface area contributed by atoms with Crippen LogP contribution in [0.5, 0.6) is 11.5 Å². The number of fused-ring (bicyclic) bond motifs is 2. The second kappa shape index (κ2) is 8.88. The molecule has 1 unspecified atom stereocenters. The van der Waals surface area contributed by atoms with Gasteiger partial charge in [-0.15, -0.1) is 0 Å². The lowest BCUT2D eigenvalue weighted by Gasteiger charge is -2.17. The van der Waals surface area contributed by atoms with E-state index in [9.17, 15) is 9.59 Å². The van der Waals surface area contributed by atoms with Gasteiger partial charge in [0.25, 0.3) is 5.91 Å². The van der Waals surface area contributed by atoms with Crippen LogP contribution in [0.15, 0.2) is 69.9 Å². The Hall–Kier alpha value is -3.77. The molecule has 0 aliphatic carbocycles. The van der Waals surface area contributed by atoms with Crippen LogP contribution in [0.3, 0.4) is 0 Å². The summed E-state index contributed by atoms with van der Waals surface area (Å²) in [5.74, 6) is 0.690. The average molecular weight is 476 g/mol. The first-order valence-electron chi connectivity index (χ1n) is 11.0. The van der Waals surface area contributed by atoms with E-state index < -0.39 is 11.9 Å². The second-order valence-electron chi connectivity index (χ2n) is 8.09. The molecular formula is C27H22ClNO5. The minimum Gasteiger partial charge on any atom is -0.490 e. The Balaban J connectivity index is 1.54. The molecule has 7 heteroatoms. The van der Waals surface area contributed by atoms with Gasteiger partial charge in [-0.2, -0.15) is 0 Å². The first-order valence-corrected chi connectivity index (χ1v) is 11.3. The molecule has 0 bridgehead atoms. The SMILES string of the molecule is CCOc1cc(C2NC(=O)c3oc4cc(C)c(Cl)cc4c(=O)c32)ccc1OCc1ccccc1. The van der Waals surface area contributed by atoms with E-state index >= 15 is 0 Å². The molecule has 6 nitrogen and oxygen atoms in total. The van der Waals surface area contributed by atoms with Gasteiger partial charge in [-0.3, -0.25) is 9.59 Å². The van der Waals surface area contributed by atoms with Crippen molar-refractivity contribution in [3.8, 4) is 11.5 Å². The molecule has 0 fully saturated rings. The lowest BCUT2D eigenvalue weighted by Crippen LogP contribution is -2.22. The highest BCUT2D eigenvalue weighted by molar-refractivity contribution is 6.32. The molecule has 1 aliphatic rings. The number of ether oxygens (including phenoxy) is 2. The van der Waals surface area contributed by atoms with E-state index in [1.165, 1.54) is 0 Å². The highest BCUT2D eigenvalue weighted by Crippen LogP contribution is 2.37. The predicted molar refractivity (Wildman–Crippen MR) is 130 cm³/mol. The minimum atomic E-state index is -0.675. The van der Waals surface area contributed by atoms with Crippen molar-refractivity contribution in [1.82, 2.24) is 5.32 Å². The highest BCUT2D eigenvalue weighted by atomic mass is 35.5. The van der Waals surface area contributed by atoms with Crippen molar-refractivity contribution in [3.63, 3.8) is 0 Å². The van der Waals surface area contributed by atoms with Crippen molar-refractivity contribution < 1.29 is 18.7 Å². The molecule has 4 aromatic rings. The van der Waals surface area contributed by atoms with Gasteiger partial charge in [-0.25, -0.2) is 0 Å². The number of hydrogen-bond donors (Lipinski definition) is 1. The fraction of sp³-hybridized carbons (Fsp3) is 0.185. The molecule has 0 spiro atoms. The van der Waals surface area contributed by atoms with Gasteiger partial charge >= 0.3 is 0 Å². The third kappa shape index (κ3) is 3.90. The lowest BCUT2D eigenvalue weighted by atomic mass is 9.98.